The van der Waals surface area contributed by atoms with Crippen molar-refractivity contribution in [3.8, 4) is 0 Å². The Kier molecular flexibility index (Phi) is 7.51. The highest BCUT2D eigenvalue weighted by Crippen LogP contribution is 2.31. The van der Waals surface area contributed by atoms with Crippen LogP contribution in [0, 0.1) is 24.7 Å². The lowest BCUT2D eigenvalue weighted by Crippen LogP contribution is -2.45. The van der Waals surface area contributed by atoms with Gasteiger partial charge in [-0.3, -0.25) is 14.4 Å². The zero-order valence-electron chi connectivity index (χ0n) is 20.0. The van der Waals surface area contributed by atoms with Crippen molar-refractivity contribution in [2.75, 3.05) is 36.4 Å². The third-order valence-electron chi connectivity index (χ3n) is 7.57. The molecule has 2 N–H and O–H groups in total. The number of amides is 1. The number of anilines is 2. The molecule has 0 bridgehead atoms. The number of nitrogens with zero attached hydrogens (tertiary/aromatic N) is 1. The maximum Gasteiger partial charge on any atom is 0.253 e. The van der Waals surface area contributed by atoms with Crippen LogP contribution in [-0.4, -0.2) is 32.1 Å². The first-order valence-corrected chi connectivity index (χ1v) is 12.6. The Morgan fingerprint density at radius 1 is 1.03 bits per heavy atom. The van der Waals surface area contributed by atoms with Crippen LogP contribution in [0.1, 0.15) is 56.6 Å². The van der Waals surface area contributed by atoms with Gasteiger partial charge in [-0.25, -0.2) is 0 Å². The van der Waals surface area contributed by atoms with E-state index in [1.807, 2.05) is 0 Å². The van der Waals surface area contributed by atoms with E-state index in [9.17, 15) is 14.4 Å². The number of carbonyl (C=O) groups is 1. The van der Waals surface area contributed by atoms with E-state index in [1.54, 1.807) is 0 Å². The van der Waals surface area contributed by atoms with Gasteiger partial charge in [-0.1, -0.05) is 36.8 Å². The van der Waals surface area contributed by atoms with E-state index in [4.69, 9.17) is 0 Å². The number of aryl methyl sites for hydroxylation is 1. The highest BCUT2D eigenvalue weighted by Gasteiger charge is 2.30. The van der Waals surface area contributed by atoms with Crippen molar-refractivity contribution in [1.29, 1.82) is 0 Å². The summed E-state index contributed by atoms with van der Waals surface area (Å²) in [5.74, 6) is 1.35. The van der Waals surface area contributed by atoms with Crippen molar-refractivity contribution in [2.24, 2.45) is 17.8 Å². The third-order valence-corrected chi connectivity index (χ3v) is 7.57. The average molecular weight is 452 g/mol. The SMILES string of the molecule is Cc1cccc(CCNC(=O)C2CCC(CNc3c(N4CCC(C)CC4)c(=O)c3=O)CC2)c1. The molecule has 1 saturated carbocycles. The molecular weight excluding hydrogens is 414 g/mol. The van der Waals surface area contributed by atoms with Gasteiger partial charge in [0.2, 0.25) is 5.91 Å². The van der Waals surface area contributed by atoms with Crippen molar-refractivity contribution in [3.63, 3.8) is 0 Å². The minimum absolute atomic E-state index is 0.0794. The first-order chi connectivity index (χ1) is 15.9. The summed E-state index contributed by atoms with van der Waals surface area (Å²) < 4.78 is 0. The average Bonchev–Trinajstić information content (AvgIpc) is 2.82. The third kappa shape index (κ3) is 5.66. The summed E-state index contributed by atoms with van der Waals surface area (Å²) in [4.78, 5) is 39.0. The van der Waals surface area contributed by atoms with Gasteiger partial charge in [-0.2, -0.15) is 0 Å². The molecular formula is C27H37N3O3. The van der Waals surface area contributed by atoms with E-state index in [0.29, 0.717) is 36.3 Å². The number of benzene rings is 1. The van der Waals surface area contributed by atoms with E-state index in [1.165, 1.54) is 11.1 Å². The number of hydrogen-bond donors (Lipinski definition) is 2. The van der Waals surface area contributed by atoms with Gasteiger partial charge in [0, 0.05) is 32.1 Å². The number of nitrogens with one attached hydrogen (secondary N) is 2. The quantitative estimate of drug-likeness (QED) is 0.602. The van der Waals surface area contributed by atoms with E-state index >= 15 is 0 Å². The fourth-order valence-electron chi connectivity index (χ4n) is 5.29. The number of rotatable bonds is 8. The van der Waals surface area contributed by atoms with Gasteiger partial charge in [-0.05, 0) is 69.3 Å². The van der Waals surface area contributed by atoms with Crippen molar-refractivity contribution in [3.05, 3.63) is 55.8 Å². The Balaban J connectivity index is 1.19. The number of hydrogen-bond acceptors (Lipinski definition) is 5. The topological polar surface area (TPSA) is 78.5 Å². The van der Waals surface area contributed by atoms with E-state index in [-0.39, 0.29) is 22.7 Å². The molecule has 1 heterocycles. The zero-order valence-corrected chi connectivity index (χ0v) is 20.0. The second kappa shape index (κ2) is 10.5. The minimum Gasteiger partial charge on any atom is -0.380 e. The number of piperidine rings is 1. The summed E-state index contributed by atoms with van der Waals surface area (Å²) >= 11 is 0. The zero-order chi connectivity index (χ0) is 23.4. The highest BCUT2D eigenvalue weighted by atomic mass is 16.2. The van der Waals surface area contributed by atoms with Gasteiger partial charge >= 0.3 is 0 Å². The molecule has 0 aromatic heterocycles. The lowest BCUT2D eigenvalue weighted by atomic mass is 9.81. The van der Waals surface area contributed by atoms with Crippen LogP contribution in [-0.2, 0) is 11.2 Å². The minimum atomic E-state index is -0.370. The summed E-state index contributed by atoms with van der Waals surface area (Å²) in [6, 6.07) is 8.41. The molecule has 2 aliphatic rings. The van der Waals surface area contributed by atoms with Crippen LogP contribution in [0.25, 0.3) is 0 Å². The predicted octanol–water partition coefficient (Wildman–Crippen LogP) is 3.40. The molecule has 0 radical (unpaired) electrons. The predicted molar refractivity (Wildman–Crippen MR) is 134 cm³/mol. The van der Waals surface area contributed by atoms with Crippen LogP contribution >= 0.6 is 0 Å². The molecule has 1 aliphatic heterocycles. The Labute approximate surface area is 196 Å². The van der Waals surface area contributed by atoms with Gasteiger partial charge in [0.1, 0.15) is 11.4 Å². The molecule has 6 heteroatoms. The first-order valence-electron chi connectivity index (χ1n) is 12.6. The molecule has 2 fully saturated rings. The second-order valence-corrected chi connectivity index (χ2v) is 10.2. The van der Waals surface area contributed by atoms with Crippen LogP contribution in [0.3, 0.4) is 0 Å². The Morgan fingerprint density at radius 2 is 1.76 bits per heavy atom. The van der Waals surface area contributed by atoms with Gasteiger partial charge in [0.15, 0.2) is 0 Å². The summed E-state index contributed by atoms with van der Waals surface area (Å²) in [7, 11) is 0. The summed E-state index contributed by atoms with van der Waals surface area (Å²) in [5, 5.41) is 6.41. The smallest absolute Gasteiger partial charge is 0.253 e. The Morgan fingerprint density at radius 3 is 2.45 bits per heavy atom. The molecule has 6 nitrogen and oxygen atoms in total. The fourth-order valence-corrected chi connectivity index (χ4v) is 5.29. The highest BCUT2D eigenvalue weighted by molar-refractivity contribution is 5.78. The molecule has 33 heavy (non-hydrogen) atoms. The largest absolute Gasteiger partial charge is 0.380 e. The maximum absolute atomic E-state index is 12.6. The van der Waals surface area contributed by atoms with Crippen molar-refractivity contribution < 1.29 is 4.79 Å². The summed E-state index contributed by atoms with van der Waals surface area (Å²) in [5.41, 5.74) is 2.91. The standard InChI is InChI=1S/C27H37N3O3/c1-18-11-14-30(15-12-18)24-23(25(31)26(24)32)29-17-21-6-8-22(9-7-21)27(33)28-13-10-20-5-3-4-19(2)16-20/h3-5,16,18,21-22,29H,6-15,17H2,1-2H3,(H,28,33). The lowest BCUT2D eigenvalue weighted by Gasteiger charge is -2.34. The second-order valence-electron chi connectivity index (χ2n) is 10.2. The van der Waals surface area contributed by atoms with E-state index < -0.39 is 0 Å². The van der Waals surface area contributed by atoms with Crippen LogP contribution < -0.4 is 26.4 Å². The van der Waals surface area contributed by atoms with Gasteiger partial charge in [-0.15, -0.1) is 0 Å². The Bertz CT molecular complexity index is 1020. The molecule has 0 atom stereocenters. The van der Waals surface area contributed by atoms with Crippen molar-refractivity contribution in [2.45, 2.75) is 58.8 Å². The van der Waals surface area contributed by atoms with Gasteiger partial charge < -0.3 is 15.5 Å². The normalized spacial score (nSPS) is 21.8. The van der Waals surface area contributed by atoms with Crippen molar-refractivity contribution in [1.82, 2.24) is 5.32 Å². The molecule has 1 amide bonds. The van der Waals surface area contributed by atoms with Gasteiger partial charge in [0.05, 0.1) is 0 Å². The molecule has 0 spiro atoms. The molecule has 1 aliphatic carbocycles. The summed E-state index contributed by atoms with van der Waals surface area (Å²) in [6.45, 7) is 7.39. The lowest BCUT2D eigenvalue weighted by molar-refractivity contribution is -0.126. The summed E-state index contributed by atoms with van der Waals surface area (Å²) in [6.07, 6.45) is 6.68. The first kappa shape index (κ1) is 23.5. The molecule has 2 aromatic carbocycles. The molecule has 178 valence electrons. The molecule has 2 aromatic rings. The molecule has 4 rings (SSSR count). The molecule has 0 unspecified atom stereocenters. The van der Waals surface area contributed by atoms with E-state index in [2.05, 4.69) is 53.6 Å². The molecule has 1 saturated heterocycles. The van der Waals surface area contributed by atoms with Crippen LogP contribution in [0.4, 0.5) is 11.4 Å². The Hall–Kier alpha value is -2.63. The van der Waals surface area contributed by atoms with Crippen LogP contribution in [0.5, 0.6) is 0 Å². The number of carbonyl (C=O) groups excluding carboxylic acids is 1. The fraction of sp³-hybridized carbons (Fsp3) is 0.593. The van der Waals surface area contributed by atoms with Crippen molar-refractivity contribution >= 4 is 17.3 Å². The monoisotopic (exact) mass is 451 g/mol. The van der Waals surface area contributed by atoms with Crippen LogP contribution in [0.2, 0.25) is 0 Å². The van der Waals surface area contributed by atoms with E-state index in [0.717, 1.165) is 58.0 Å². The van der Waals surface area contributed by atoms with Gasteiger partial charge in [0.25, 0.3) is 10.9 Å². The van der Waals surface area contributed by atoms with Crippen LogP contribution in [0.15, 0.2) is 33.9 Å². The maximum atomic E-state index is 12.6.